The van der Waals surface area contributed by atoms with Crippen LogP contribution in [0.15, 0.2) is 52.9 Å². The second-order valence-corrected chi connectivity index (χ2v) is 7.06. The number of halogens is 2. The van der Waals surface area contributed by atoms with Crippen LogP contribution in [0.4, 0.5) is 0 Å². The molecule has 0 aliphatic carbocycles. The number of carboxylic acids is 1. The molecule has 6 heteroatoms. The summed E-state index contributed by atoms with van der Waals surface area (Å²) in [4.78, 5) is 11.3. The van der Waals surface area contributed by atoms with Gasteiger partial charge in [0.15, 0.2) is 0 Å². The van der Waals surface area contributed by atoms with E-state index < -0.39 is 5.97 Å². The highest BCUT2D eigenvalue weighted by atomic mass is 35.5. The molecule has 0 saturated heterocycles. The predicted molar refractivity (Wildman–Crippen MR) is 108 cm³/mol. The lowest BCUT2D eigenvalue weighted by Gasteiger charge is -2.07. The van der Waals surface area contributed by atoms with Crippen molar-refractivity contribution in [3.63, 3.8) is 0 Å². The molecule has 0 spiro atoms. The molecule has 3 rings (SSSR count). The summed E-state index contributed by atoms with van der Waals surface area (Å²) in [6, 6.07) is 14.4. The maximum atomic E-state index is 11.3. The normalized spacial score (nSPS) is 10.9. The first kappa shape index (κ1) is 19.5. The van der Waals surface area contributed by atoms with Gasteiger partial charge in [-0.15, -0.1) is 0 Å². The standard InChI is InChI=1S/C21H19Cl2NO3/c1-13-17(3-2-4-18(13)21(25)26)20-8-7-16(27-20)12-24-10-9-14-5-6-15(22)11-19(14)23/h2-8,11,24H,9-10,12H2,1H3,(H,25,26). The van der Waals surface area contributed by atoms with Crippen molar-refractivity contribution in [3.05, 3.63) is 81.0 Å². The molecule has 0 fully saturated rings. The number of benzene rings is 2. The van der Waals surface area contributed by atoms with E-state index in [2.05, 4.69) is 5.32 Å². The molecule has 4 nitrogen and oxygen atoms in total. The van der Waals surface area contributed by atoms with Crippen LogP contribution in [0.5, 0.6) is 0 Å². The van der Waals surface area contributed by atoms with Crippen molar-refractivity contribution in [2.24, 2.45) is 0 Å². The molecule has 2 aromatic carbocycles. The van der Waals surface area contributed by atoms with Gasteiger partial charge in [-0.05, 0) is 61.3 Å². The minimum atomic E-state index is -0.941. The second kappa shape index (κ2) is 8.61. The van der Waals surface area contributed by atoms with Gasteiger partial charge in [0.2, 0.25) is 0 Å². The highest BCUT2D eigenvalue weighted by Gasteiger charge is 2.13. The molecule has 2 N–H and O–H groups in total. The maximum Gasteiger partial charge on any atom is 0.335 e. The summed E-state index contributed by atoms with van der Waals surface area (Å²) in [5, 5.41) is 13.9. The molecule has 0 aliphatic heterocycles. The monoisotopic (exact) mass is 403 g/mol. The van der Waals surface area contributed by atoms with Crippen LogP contribution in [0, 0.1) is 6.92 Å². The van der Waals surface area contributed by atoms with Crippen molar-refractivity contribution in [2.75, 3.05) is 6.54 Å². The van der Waals surface area contributed by atoms with Gasteiger partial charge in [0.05, 0.1) is 12.1 Å². The van der Waals surface area contributed by atoms with Crippen LogP contribution in [-0.4, -0.2) is 17.6 Å². The fraction of sp³-hybridized carbons (Fsp3) is 0.190. The molecule has 0 saturated carbocycles. The van der Waals surface area contributed by atoms with E-state index in [-0.39, 0.29) is 5.56 Å². The Kier molecular flexibility index (Phi) is 6.22. The third kappa shape index (κ3) is 4.72. The zero-order valence-electron chi connectivity index (χ0n) is 14.8. The van der Waals surface area contributed by atoms with Gasteiger partial charge in [-0.1, -0.05) is 41.4 Å². The number of carbonyl (C=O) groups is 1. The smallest absolute Gasteiger partial charge is 0.335 e. The van der Waals surface area contributed by atoms with Crippen molar-refractivity contribution >= 4 is 29.2 Å². The van der Waals surface area contributed by atoms with E-state index in [4.69, 9.17) is 27.6 Å². The lowest BCUT2D eigenvalue weighted by Crippen LogP contribution is -2.16. The molecule has 0 amide bonds. The van der Waals surface area contributed by atoms with E-state index in [9.17, 15) is 9.90 Å². The lowest BCUT2D eigenvalue weighted by atomic mass is 10.0. The van der Waals surface area contributed by atoms with Crippen molar-refractivity contribution in [1.29, 1.82) is 0 Å². The summed E-state index contributed by atoms with van der Waals surface area (Å²) in [6.45, 7) is 3.10. The highest BCUT2D eigenvalue weighted by Crippen LogP contribution is 2.27. The SMILES string of the molecule is Cc1c(C(=O)O)cccc1-c1ccc(CNCCc2ccc(Cl)cc2Cl)o1. The lowest BCUT2D eigenvalue weighted by molar-refractivity contribution is 0.0696. The Morgan fingerprint density at radius 3 is 2.70 bits per heavy atom. The van der Waals surface area contributed by atoms with Crippen LogP contribution >= 0.6 is 23.2 Å². The predicted octanol–water partition coefficient (Wildman–Crippen LogP) is 5.59. The topological polar surface area (TPSA) is 62.5 Å². The van der Waals surface area contributed by atoms with E-state index in [0.29, 0.717) is 27.9 Å². The van der Waals surface area contributed by atoms with Gasteiger partial charge in [0.25, 0.3) is 0 Å². The van der Waals surface area contributed by atoms with E-state index in [0.717, 1.165) is 29.9 Å². The third-order valence-electron chi connectivity index (χ3n) is 4.38. The molecule has 140 valence electrons. The van der Waals surface area contributed by atoms with Gasteiger partial charge in [-0.3, -0.25) is 0 Å². The molecule has 27 heavy (non-hydrogen) atoms. The number of carboxylic acid groups (broad SMARTS) is 1. The van der Waals surface area contributed by atoms with Gasteiger partial charge in [0, 0.05) is 15.6 Å². The number of furan rings is 1. The fourth-order valence-corrected chi connectivity index (χ4v) is 3.41. The Balaban J connectivity index is 1.60. The molecule has 1 aromatic heterocycles. The van der Waals surface area contributed by atoms with Crippen LogP contribution in [0.1, 0.15) is 27.2 Å². The molecule has 3 aromatic rings. The second-order valence-electron chi connectivity index (χ2n) is 6.21. The number of aromatic carboxylic acids is 1. The summed E-state index contributed by atoms with van der Waals surface area (Å²) in [5.41, 5.74) is 2.79. The number of hydrogen-bond acceptors (Lipinski definition) is 3. The third-order valence-corrected chi connectivity index (χ3v) is 4.96. The molecule has 1 heterocycles. The van der Waals surface area contributed by atoms with Crippen LogP contribution in [-0.2, 0) is 13.0 Å². The Labute approximate surface area is 167 Å². The summed E-state index contributed by atoms with van der Waals surface area (Å²) in [5.74, 6) is 0.504. The van der Waals surface area contributed by atoms with Crippen LogP contribution in [0.3, 0.4) is 0 Å². The van der Waals surface area contributed by atoms with Crippen molar-refractivity contribution in [1.82, 2.24) is 5.32 Å². The Bertz CT molecular complexity index is 966. The maximum absolute atomic E-state index is 11.3. The Hall–Kier alpha value is -2.27. The van der Waals surface area contributed by atoms with Gasteiger partial charge < -0.3 is 14.8 Å². The minimum Gasteiger partial charge on any atom is -0.478 e. The quantitative estimate of drug-likeness (QED) is 0.504. The van der Waals surface area contributed by atoms with Crippen molar-refractivity contribution < 1.29 is 14.3 Å². The molecule has 0 bridgehead atoms. The van der Waals surface area contributed by atoms with E-state index >= 15 is 0 Å². The zero-order chi connectivity index (χ0) is 19.4. The number of hydrogen-bond donors (Lipinski definition) is 2. The average molecular weight is 404 g/mol. The largest absolute Gasteiger partial charge is 0.478 e. The first-order valence-electron chi connectivity index (χ1n) is 8.52. The fourth-order valence-electron chi connectivity index (χ4n) is 2.91. The Morgan fingerprint density at radius 2 is 1.96 bits per heavy atom. The van der Waals surface area contributed by atoms with E-state index in [1.807, 2.05) is 30.3 Å². The average Bonchev–Trinajstić information content (AvgIpc) is 3.09. The van der Waals surface area contributed by atoms with Crippen LogP contribution in [0.25, 0.3) is 11.3 Å². The molecule has 0 aliphatic rings. The molecule has 0 atom stereocenters. The Morgan fingerprint density at radius 1 is 1.15 bits per heavy atom. The number of nitrogens with one attached hydrogen (secondary N) is 1. The highest BCUT2D eigenvalue weighted by molar-refractivity contribution is 6.35. The summed E-state index contributed by atoms with van der Waals surface area (Å²) in [6.07, 6.45) is 0.781. The summed E-state index contributed by atoms with van der Waals surface area (Å²) < 4.78 is 5.88. The molecule has 0 unspecified atom stereocenters. The molecular formula is C21H19Cl2NO3. The van der Waals surface area contributed by atoms with E-state index in [1.165, 1.54) is 0 Å². The van der Waals surface area contributed by atoms with Crippen molar-refractivity contribution in [3.8, 4) is 11.3 Å². The molecular weight excluding hydrogens is 385 g/mol. The van der Waals surface area contributed by atoms with Gasteiger partial charge in [-0.2, -0.15) is 0 Å². The van der Waals surface area contributed by atoms with Crippen molar-refractivity contribution in [2.45, 2.75) is 19.9 Å². The summed E-state index contributed by atoms with van der Waals surface area (Å²) in [7, 11) is 0. The van der Waals surface area contributed by atoms with Crippen LogP contribution in [0.2, 0.25) is 10.0 Å². The summed E-state index contributed by atoms with van der Waals surface area (Å²) >= 11 is 12.1. The molecule has 0 radical (unpaired) electrons. The van der Waals surface area contributed by atoms with Gasteiger partial charge >= 0.3 is 5.97 Å². The zero-order valence-corrected chi connectivity index (χ0v) is 16.3. The van der Waals surface area contributed by atoms with Crippen LogP contribution < -0.4 is 5.32 Å². The minimum absolute atomic E-state index is 0.281. The first-order chi connectivity index (χ1) is 13.0. The number of rotatable bonds is 7. The van der Waals surface area contributed by atoms with E-state index in [1.54, 1.807) is 25.1 Å². The van der Waals surface area contributed by atoms with Gasteiger partial charge in [-0.25, -0.2) is 4.79 Å². The van der Waals surface area contributed by atoms with Gasteiger partial charge in [0.1, 0.15) is 11.5 Å². The first-order valence-corrected chi connectivity index (χ1v) is 9.28.